The molecule has 11 heteroatoms. The number of carboxylic acid groups (broad SMARTS) is 1. The summed E-state index contributed by atoms with van der Waals surface area (Å²) >= 11 is 1.53. The molecule has 0 radical (unpaired) electrons. The van der Waals surface area contributed by atoms with Gasteiger partial charge in [-0.05, 0) is 45.0 Å². The van der Waals surface area contributed by atoms with Crippen molar-refractivity contribution >= 4 is 45.1 Å². The Balaban J connectivity index is 1.92. The van der Waals surface area contributed by atoms with E-state index in [-0.39, 0.29) is 5.90 Å². The quantitative estimate of drug-likeness (QED) is 0.526. The van der Waals surface area contributed by atoms with E-state index in [0.29, 0.717) is 26.1 Å². The number of thiazole rings is 1. The van der Waals surface area contributed by atoms with E-state index in [4.69, 9.17) is 9.73 Å². The minimum Gasteiger partial charge on any atom is -0.481 e. The van der Waals surface area contributed by atoms with Crippen molar-refractivity contribution in [2.75, 3.05) is 31.6 Å². The van der Waals surface area contributed by atoms with E-state index in [2.05, 4.69) is 20.9 Å². The predicted molar refractivity (Wildman–Crippen MR) is 127 cm³/mol. The minimum atomic E-state index is -1.47. The van der Waals surface area contributed by atoms with Crippen molar-refractivity contribution in [2.24, 2.45) is 16.3 Å². The Hall–Kier alpha value is -3.18. The summed E-state index contributed by atoms with van der Waals surface area (Å²) in [5.41, 5.74) is 2.14. The number of anilines is 1. The number of fused-ring (bicyclic) bond motifs is 1. The summed E-state index contributed by atoms with van der Waals surface area (Å²) in [6.45, 7) is 4.82. The number of hydrogen-bond acceptors (Lipinski definition) is 8. The van der Waals surface area contributed by atoms with Gasteiger partial charge in [0.25, 0.3) is 0 Å². The molecular weight excluding hydrogens is 444 g/mol. The fourth-order valence-corrected chi connectivity index (χ4v) is 5.19. The first-order chi connectivity index (χ1) is 15.8. The molecule has 3 heterocycles. The first-order valence-electron chi connectivity index (χ1n) is 10.8. The van der Waals surface area contributed by atoms with Gasteiger partial charge in [0.2, 0.25) is 11.7 Å². The number of amides is 2. The van der Waals surface area contributed by atoms with Gasteiger partial charge in [0.1, 0.15) is 0 Å². The zero-order chi connectivity index (χ0) is 23.6. The third kappa shape index (κ3) is 4.02. The van der Waals surface area contributed by atoms with Crippen LogP contribution in [0.2, 0.25) is 0 Å². The molecule has 0 spiro atoms. The number of carbonyl (C=O) groups is 2. The summed E-state index contributed by atoms with van der Waals surface area (Å²) in [6, 6.07) is 5.33. The van der Waals surface area contributed by atoms with Crippen LogP contribution in [-0.2, 0) is 9.53 Å². The van der Waals surface area contributed by atoms with Crippen LogP contribution in [0.4, 0.5) is 10.5 Å². The van der Waals surface area contributed by atoms with Gasteiger partial charge in [0.05, 0.1) is 34.2 Å². The van der Waals surface area contributed by atoms with Gasteiger partial charge in [-0.1, -0.05) is 0 Å². The zero-order valence-electron chi connectivity index (χ0n) is 18.8. The fourth-order valence-electron chi connectivity index (χ4n) is 4.53. The van der Waals surface area contributed by atoms with E-state index in [1.165, 1.54) is 18.4 Å². The van der Waals surface area contributed by atoms with Crippen molar-refractivity contribution in [3.8, 4) is 0 Å². The Kier molecular flexibility index (Phi) is 6.26. The second-order valence-corrected chi connectivity index (χ2v) is 9.17. The van der Waals surface area contributed by atoms with Crippen molar-refractivity contribution in [1.29, 1.82) is 0 Å². The number of nitrogens with one attached hydrogen (secondary N) is 3. The maximum Gasteiger partial charge on any atom is 0.318 e. The number of urea groups is 1. The smallest absolute Gasteiger partial charge is 0.318 e. The van der Waals surface area contributed by atoms with Gasteiger partial charge in [-0.2, -0.15) is 0 Å². The van der Waals surface area contributed by atoms with Crippen LogP contribution in [0.5, 0.6) is 0 Å². The first kappa shape index (κ1) is 23.0. The number of carbonyl (C=O) groups excluding carboxylic acids is 1. The number of methoxy groups -OCH3 is 1. The van der Waals surface area contributed by atoms with Crippen molar-refractivity contribution in [2.45, 2.75) is 26.1 Å². The van der Waals surface area contributed by atoms with Gasteiger partial charge in [-0.15, -0.1) is 11.3 Å². The highest BCUT2D eigenvalue weighted by Crippen LogP contribution is 2.45. The average Bonchev–Trinajstić information content (AvgIpc) is 3.27. The third-order valence-corrected chi connectivity index (χ3v) is 7.17. The van der Waals surface area contributed by atoms with Gasteiger partial charge in [-0.25, -0.2) is 14.8 Å². The number of aliphatic carboxylic acids is 1. The SMILES string of the molecule is CCNC(=O)NC1(C2CNCCC2(C)C(=O)O)N=C(OC)C=CN1c1ccc2scnc2c1. The maximum absolute atomic E-state index is 12.9. The van der Waals surface area contributed by atoms with Crippen LogP contribution < -0.4 is 20.9 Å². The number of piperidine rings is 1. The standard InChI is InChI=1S/C22H28N6O4S/c1-4-24-20(31)27-22(17-12-23-9-8-21(17,2)19(29)30)26-18(32-3)7-10-28(22)14-5-6-16-15(11-14)25-13-33-16/h5-7,10-11,13,17,23H,4,8-9,12H2,1-3H3,(H,29,30)(H2,24,27,31). The van der Waals surface area contributed by atoms with E-state index >= 15 is 0 Å². The van der Waals surface area contributed by atoms with Crippen LogP contribution in [0.1, 0.15) is 20.3 Å². The van der Waals surface area contributed by atoms with Gasteiger partial charge >= 0.3 is 12.0 Å². The molecule has 10 nitrogen and oxygen atoms in total. The molecule has 0 bridgehead atoms. The molecule has 4 rings (SSSR count). The van der Waals surface area contributed by atoms with Crippen LogP contribution in [0.3, 0.4) is 0 Å². The number of hydrogen-bond donors (Lipinski definition) is 4. The van der Waals surface area contributed by atoms with Crippen LogP contribution >= 0.6 is 11.3 Å². The Labute approximate surface area is 195 Å². The fraction of sp³-hybridized carbons (Fsp3) is 0.455. The summed E-state index contributed by atoms with van der Waals surface area (Å²) in [5.74, 6) is -2.76. The summed E-state index contributed by atoms with van der Waals surface area (Å²) in [6.07, 6.45) is 3.84. The topological polar surface area (TPSA) is 128 Å². The molecule has 176 valence electrons. The number of aliphatic imine (C=N–C) groups is 1. The lowest BCUT2D eigenvalue weighted by atomic mass is 9.68. The Morgan fingerprint density at radius 2 is 2.24 bits per heavy atom. The molecule has 0 saturated carbocycles. The molecule has 4 N–H and O–H groups in total. The largest absolute Gasteiger partial charge is 0.481 e. The number of aromatic nitrogens is 1. The number of benzene rings is 1. The first-order valence-corrected chi connectivity index (χ1v) is 11.7. The maximum atomic E-state index is 12.9. The number of carboxylic acids is 1. The van der Waals surface area contributed by atoms with Crippen molar-refractivity contribution < 1.29 is 19.4 Å². The van der Waals surface area contributed by atoms with E-state index in [9.17, 15) is 14.7 Å². The van der Waals surface area contributed by atoms with Crippen molar-refractivity contribution in [1.82, 2.24) is 20.9 Å². The van der Waals surface area contributed by atoms with Crippen LogP contribution in [0, 0.1) is 11.3 Å². The average molecular weight is 473 g/mol. The highest BCUT2D eigenvalue weighted by atomic mass is 32.1. The van der Waals surface area contributed by atoms with Crippen molar-refractivity contribution in [3.05, 3.63) is 36.0 Å². The molecule has 1 saturated heterocycles. The normalized spacial score (nSPS) is 27.2. The molecule has 2 aliphatic heterocycles. The number of nitrogens with zero attached hydrogens (tertiary/aromatic N) is 3. The van der Waals surface area contributed by atoms with E-state index in [1.807, 2.05) is 30.0 Å². The lowest BCUT2D eigenvalue weighted by Crippen LogP contribution is -2.71. The Bertz CT molecular complexity index is 1120. The molecule has 1 fully saturated rings. The van der Waals surface area contributed by atoms with E-state index in [1.54, 1.807) is 24.7 Å². The third-order valence-electron chi connectivity index (χ3n) is 6.36. The predicted octanol–water partition coefficient (Wildman–Crippen LogP) is 2.35. The number of ether oxygens (including phenoxy) is 1. The molecule has 2 aliphatic rings. The molecule has 2 amide bonds. The lowest BCUT2D eigenvalue weighted by Gasteiger charge is -2.53. The minimum absolute atomic E-state index is 0.288. The second-order valence-electron chi connectivity index (χ2n) is 8.28. The van der Waals surface area contributed by atoms with Gasteiger partial charge in [0.15, 0.2) is 0 Å². The van der Waals surface area contributed by atoms with Crippen LogP contribution in [0.25, 0.3) is 10.2 Å². The van der Waals surface area contributed by atoms with Gasteiger partial charge in [0, 0.05) is 31.1 Å². The van der Waals surface area contributed by atoms with E-state index in [0.717, 1.165) is 15.9 Å². The molecule has 1 aromatic carbocycles. The molecule has 33 heavy (non-hydrogen) atoms. The van der Waals surface area contributed by atoms with E-state index < -0.39 is 29.1 Å². The monoisotopic (exact) mass is 472 g/mol. The highest BCUT2D eigenvalue weighted by Gasteiger charge is 2.58. The molecule has 0 aliphatic carbocycles. The second kappa shape index (κ2) is 8.99. The van der Waals surface area contributed by atoms with Gasteiger partial charge < -0.3 is 25.4 Å². The lowest BCUT2D eigenvalue weighted by molar-refractivity contribution is -0.155. The molecular formula is C22H28N6O4S. The summed E-state index contributed by atoms with van der Waals surface area (Å²) in [4.78, 5) is 36.5. The summed E-state index contributed by atoms with van der Waals surface area (Å²) in [7, 11) is 1.49. The molecule has 3 unspecified atom stereocenters. The zero-order valence-corrected chi connectivity index (χ0v) is 19.6. The Morgan fingerprint density at radius 1 is 1.42 bits per heavy atom. The summed E-state index contributed by atoms with van der Waals surface area (Å²) < 4.78 is 6.46. The van der Waals surface area contributed by atoms with Crippen LogP contribution in [-0.4, -0.2) is 60.5 Å². The summed E-state index contributed by atoms with van der Waals surface area (Å²) in [5, 5.41) is 19.3. The highest BCUT2D eigenvalue weighted by molar-refractivity contribution is 7.16. The van der Waals surface area contributed by atoms with Crippen molar-refractivity contribution in [3.63, 3.8) is 0 Å². The molecule has 1 aromatic heterocycles. The Morgan fingerprint density at radius 3 is 2.97 bits per heavy atom. The molecule has 2 aromatic rings. The number of rotatable bonds is 5. The van der Waals surface area contributed by atoms with Gasteiger partial charge in [-0.3, -0.25) is 10.1 Å². The van der Waals surface area contributed by atoms with Crippen LogP contribution in [0.15, 0.2) is 41.0 Å². The molecule has 3 atom stereocenters.